The second kappa shape index (κ2) is 6.87. The van der Waals surface area contributed by atoms with E-state index >= 15 is 0 Å². The third-order valence-corrected chi connectivity index (χ3v) is 3.95. The topological polar surface area (TPSA) is 23.6 Å². The Morgan fingerprint density at radius 2 is 1.84 bits per heavy atom. The molecule has 0 unspecified atom stereocenters. The van der Waals surface area contributed by atoms with Gasteiger partial charge < -0.3 is 9.80 Å². The van der Waals surface area contributed by atoms with Crippen LogP contribution in [0.4, 0.5) is 0 Å². The van der Waals surface area contributed by atoms with Crippen LogP contribution in [0.25, 0.3) is 6.08 Å². The minimum Gasteiger partial charge on any atom is -0.337 e. The molecule has 1 amide bonds. The highest BCUT2D eigenvalue weighted by atomic mass is 79.9. The van der Waals surface area contributed by atoms with Crippen LogP contribution < -0.4 is 0 Å². The van der Waals surface area contributed by atoms with E-state index in [-0.39, 0.29) is 5.91 Å². The first-order valence-electron chi connectivity index (χ1n) is 6.64. The summed E-state index contributed by atoms with van der Waals surface area (Å²) >= 11 is 3.40. The van der Waals surface area contributed by atoms with Crippen molar-refractivity contribution in [3.8, 4) is 0 Å². The second-order valence-corrected chi connectivity index (χ2v) is 5.56. The minimum absolute atomic E-state index is 0.110. The smallest absolute Gasteiger partial charge is 0.246 e. The van der Waals surface area contributed by atoms with E-state index in [0.717, 1.165) is 42.8 Å². The maximum Gasteiger partial charge on any atom is 0.246 e. The van der Waals surface area contributed by atoms with Crippen molar-refractivity contribution in [3.63, 3.8) is 0 Å². The number of benzene rings is 1. The number of nitrogens with zero attached hydrogens (tertiary/aromatic N) is 2. The number of likely N-dealkylation sites (N-methyl/N-ethyl adjacent to an activating group) is 1. The molecule has 0 saturated carbocycles. The third-order valence-electron chi connectivity index (χ3n) is 3.42. The molecule has 0 aromatic heterocycles. The van der Waals surface area contributed by atoms with Gasteiger partial charge in [-0.1, -0.05) is 35.0 Å². The first-order valence-corrected chi connectivity index (χ1v) is 7.43. The molecule has 0 aliphatic carbocycles. The van der Waals surface area contributed by atoms with Gasteiger partial charge in [0.15, 0.2) is 0 Å². The molecule has 2 rings (SSSR count). The van der Waals surface area contributed by atoms with E-state index in [1.54, 1.807) is 6.08 Å². The van der Waals surface area contributed by atoms with E-state index < -0.39 is 0 Å². The molecule has 1 aromatic carbocycles. The summed E-state index contributed by atoms with van der Waals surface area (Å²) in [6.07, 6.45) is 3.55. The zero-order valence-electron chi connectivity index (χ0n) is 11.2. The fourth-order valence-corrected chi connectivity index (χ4v) is 2.40. The molecule has 0 N–H and O–H groups in total. The van der Waals surface area contributed by atoms with E-state index in [9.17, 15) is 4.79 Å². The fraction of sp³-hybridized carbons (Fsp3) is 0.400. The minimum atomic E-state index is 0.110. The molecule has 1 aliphatic heterocycles. The van der Waals surface area contributed by atoms with Crippen molar-refractivity contribution in [2.45, 2.75) is 6.92 Å². The molecule has 1 saturated heterocycles. The van der Waals surface area contributed by atoms with Crippen LogP contribution in [0.1, 0.15) is 12.5 Å². The van der Waals surface area contributed by atoms with Gasteiger partial charge in [-0.25, -0.2) is 0 Å². The van der Waals surface area contributed by atoms with Gasteiger partial charge in [0, 0.05) is 36.7 Å². The summed E-state index contributed by atoms with van der Waals surface area (Å²) in [6.45, 7) is 6.85. The van der Waals surface area contributed by atoms with E-state index in [0.29, 0.717) is 0 Å². The Labute approximate surface area is 123 Å². The first kappa shape index (κ1) is 14.3. The second-order valence-electron chi connectivity index (χ2n) is 4.64. The highest BCUT2D eigenvalue weighted by Gasteiger charge is 2.17. The number of carbonyl (C=O) groups excluding carboxylic acids is 1. The van der Waals surface area contributed by atoms with Gasteiger partial charge in [-0.05, 0) is 30.3 Å². The van der Waals surface area contributed by atoms with Crippen LogP contribution in [-0.2, 0) is 4.79 Å². The fourth-order valence-electron chi connectivity index (χ4n) is 2.13. The molecule has 3 nitrogen and oxygen atoms in total. The summed E-state index contributed by atoms with van der Waals surface area (Å²) in [6, 6.07) is 7.93. The van der Waals surface area contributed by atoms with Gasteiger partial charge in [0.25, 0.3) is 0 Å². The SMILES string of the molecule is CCN1CCN(C(=O)/C=C/c2ccc(Br)cc2)CC1. The van der Waals surface area contributed by atoms with Crippen LogP contribution in [0.3, 0.4) is 0 Å². The lowest BCUT2D eigenvalue weighted by Gasteiger charge is -2.33. The van der Waals surface area contributed by atoms with Crippen molar-refractivity contribution < 1.29 is 4.79 Å². The van der Waals surface area contributed by atoms with E-state index in [4.69, 9.17) is 0 Å². The highest BCUT2D eigenvalue weighted by Crippen LogP contribution is 2.12. The van der Waals surface area contributed by atoms with E-state index in [1.807, 2.05) is 35.2 Å². The number of amides is 1. The van der Waals surface area contributed by atoms with Crippen LogP contribution in [0.5, 0.6) is 0 Å². The van der Waals surface area contributed by atoms with Crippen LogP contribution in [0, 0.1) is 0 Å². The summed E-state index contributed by atoms with van der Waals surface area (Å²) in [7, 11) is 0. The number of hydrogen-bond acceptors (Lipinski definition) is 2. The number of rotatable bonds is 3. The van der Waals surface area contributed by atoms with Crippen LogP contribution >= 0.6 is 15.9 Å². The first-order chi connectivity index (χ1) is 9.19. The number of halogens is 1. The van der Waals surface area contributed by atoms with Gasteiger partial charge in [-0.3, -0.25) is 4.79 Å². The average Bonchev–Trinajstić information content (AvgIpc) is 2.46. The molecule has 0 atom stereocenters. The molecule has 0 spiro atoms. The standard InChI is InChI=1S/C15H19BrN2O/c1-2-17-9-11-18(12-10-17)15(19)8-5-13-3-6-14(16)7-4-13/h3-8H,2,9-12H2,1H3/b8-5+. The summed E-state index contributed by atoms with van der Waals surface area (Å²) < 4.78 is 1.05. The monoisotopic (exact) mass is 322 g/mol. The van der Waals surface area contributed by atoms with Crippen LogP contribution in [0.15, 0.2) is 34.8 Å². The van der Waals surface area contributed by atoms with E-state index in [1.165, 1.54) is 0 Å². The molecule has 1 fully saturated rings. The molecule has 1 aromatic rings. The van der Waals surface area contributed by atoms with Gasteiger partial charge in [-0.2, -0.15) is 0 Å². The average molecular weight is 323 g/mol. The van der Waals surface area contributed by atoms with Crippen molar-refractivity contribution in [3.05, 3.63) is 40.4 Å². The Morgan fingerprint density at radius 3 is 2.42 bits per heavy atom. The number of carbonyl (C=O) groups is 1. The Bertz CT molecular complexity index is 448. The molecule has 1 heterocycles. The van der Waals surface area contributed by atoms with Gasteiger partial charge >= 0.3 is 0 Å². The summed E-state index contributed by atoms with van der Waals surface area (Å²) in [5.41, 5.74) is 1.05. The van der Waals surface area contributed by atoms with Crippen molar-refractivity contribution in [2.24, 2.45) is 0 Å². The molecular formula is C15H19BrN2O. The quantitative estimate of drug-likeness (QED) is 0.799. The lowest BCUT2D eigenvalue weighted by atomic mass is 10.2. The maximum atomic E-state index is 12.0. The highest BCUT2D eigenvalue weighted by molar-refractivity contribution is 9.10. The zero-order valence-corrected chi connectivity index (χ0v) is 12.8. The van der Waals surface area contributed by atoms with Gasteiger partial charge in [0.1, 0.15) is 0 Å². The summed E-state index contributed by atoms with van der Waals surface area (Å²) in [5, 5.41) is 0. The van der Waals surface area contributed by atoms with Crippen molar-refractivity contribution >= 4 is 27.9 Å². The van der Waals surface area contributed by atoms with Crippen molar-refractivity contribution in [1.29, 1.82) is 0 Å². The van der Waals surface area contributed by atoms with E-state index in [2.05, 4.69) is 27.8 Å². The molecule has 1 aliphatic rings. The zero-order chi connectivity index (χ0) is 13.7. The summed E-state index contributed by atoms with van der Waals surface area (Å²) in [5.74, 6) is 0.110. The largest absolute Gasteiger partial charge is 0.337 e. The molecule has 102 valence electrons. The normalized spacial score (nSPS) is 17.1. The van der Waals surface area contributed by atoms with Gasteiger partial charge in [0.2, 0.25) is 5.91 Å². The molecule has 0 bridgehead atoms. The van der Waals surface area contributed by atoms with Crippen LogP contribution in [0.2, 0.25) is 0 Å². The molecule has 0 radical (unpaired) electrons. The van der Waals surface area contributed by atoms with Gasteiger partial charge in [-0.15, -0.1) is 0 Å². The number of piperazine rings is 1. The molecular weight excluding hydrogens is 304 g/mol. The number of hydrogen-bond donors (Lipinski definition) is 0. The Balaban J connectivity index is 1.89. The molecule has 4 heteroatoms. The maximum absolute atomic E-state index is 12.0. The Morgan fingerprint density at radius 1 is 1.21 bits per heavy atom. The van der Waals surface area contributed by atoms with Gasteiger partial charge in [0.05, 0.1) is 0 Å². The predicted molar refractivity (Wildman–Crippen MR) is 81.9 cm³/mol. The third kappa shape index (κ3) is 4.18. The molecule has 19 heavy (non-hydrogen) atoms. The van der Waals surface area contributed by atoms with Crippen molar-refractivity contribution in [2.75, 3.05) is 32.7 Å². The predicted octanol–water partition coefficient (Wildman–Crippen LogP) is 2.63. The van der Waals surface area contributed by atoms with Crippen LogP contribution in [-0.4, -0.2) is 48.4 Å². The Kier molecular flexibility index (Phi) is 5.16. The lowest BCUT2D eigenvalue weighted by molar-refractivity contribution is -0.127. The Hall–Kier alpha value is -1.13. The summed E-state index contributed by atoms with van der Waals surface area (Å²) in [4.78, 5) is 16.3. The van der Waals surface area contributed by atoms with Crippen molar-refractivity contribution in [1.82, 2.24) is 9.80 Å². The lowest BCUT2D eigenvalue weighted by Crippen LogP contribution is -2.48.